The standard InChI is InChI=1S/C31H34F3N7O2/c1-18-21-6-5-7-23(26(21)32)31(33,34)13-20-14-40(15-20)11-4-3-10-36-25(42)16-41-28-22(27(37-18)38-19(2)39-28)12-24(29(41)43)30(17-35)8-9-30/h5-7,12,18,20H,3-4,8-11,13-16H2,1-2H3,(H,36,42)(H,37,38,39)/t18-/m1/s1/i1D3. The Hall–Kier alpha value is -3.98. The maximum absolute atomic E-state index is 16.1. The molecule has 1 aliphatic carbocycles. The Labute approximate surface area is 251 Å². The van der Waals surface area contributed by atoms with Crippen molar-refractivity contribution in [3.63, 3.8) is 0 Å². The largest absolute Gasteiger partial charge is 0.363 e. The van der Waals surface area contributed by atoms with E-state index in [0.29, 0.717) is 51.9 Å². The molecular weight excluding hydrogens is 559 g/mol. The van der Waals surface area contributed by atoms with Gasteiger partial charge in [0.05, 0.1) is 28.5 Å². The van der Waals surface area contributed by atoms with Gasteiger partial charge in [-0.05, 0) is 58.0 Å². The second-order valence-corrected chi connectivity index (χ2v) is 11.9. The smallest absolute Gasteiger partial charge is 0.276 e. The Morgan fingerprint density at radius 2 is 1.95 bits per heavy atom. The van der Waals surface area contributed by atoms with Crippen molar-refractivity contribution in [1.29, 1.82) is 5.26 Å². The van der Waals surface area contributed by atoms with E-state index in [9.17, 15) is 14.9 Å². The van der Waals surface area contributed by atoms with Crippen molar-refractivity contribution < 1.29 is 22.1 Å². The molecule has 4 aliphatic rings. The summed E-state index contributed by atoms with van der Waals surface area (Å²) in [4.78, 5) is 37.7. The third-order valence-electron chi connectivity index (χ3n) is 8.65. The lowest BCUT2D eigenvalue weighted by Gasteiger charge is -2.41. The molecule has 2 N–H and O–H groups in total. The zero-order valence-electron chi connectivity index (χ0n) is 26.7. The molecule has 0 unspecified atom stereocenters. The molecule has 1 atom stereocenters. The van der Waals surface area contributed by atoms with Crippen LogP contribution in [0.1, 0.15) is 71.6 Å². The van der Waals surface area contributed by atoms with Crippen LogP contribution in [0.4, 0.5) is 19.0 Å². The summed E-state index contributed by atoms with van der Waals surface area (Å²) < 4.78 is 73.2. The number of hydrogen-bond donors (Lipinski definition) is 2. The van der Waals surface area contributed by atoms with Gasteiger partial charge in [-0.2, -0.15) is 5.26 Å². The van der Waals surface area contributed by atoms with Crippen molar-refractivity contribution in [2.45, 2.75) is 69.8 Å². The van der Waals surface area contributed by atoms with Gasteiger partial charge in [0.2, 0.25) is 5.91 Å². The van der Waals surface area contributed by atoms with Crippen molar-refractivity contribution >= 4 is 22.8 Å². The fourth-order valence-electron chi connectivity index (χ4n) is 6.14. The van der Waals surface area contributed by atoms with Gasteiger partial charge in [0.1, 0.15) is 29.7 Å². The highest BCUT2D eigenvalue weighted by molar-refractivity contribution is 5.89. The number of carbonyl (C=O) groups is 1. The highest BCUT2D eigenvalue weighted by Crippen LogP contribution is 2.47. The molecule has 226 valence electrons. The Balaban J connectivity index is 1.53. The molecule has 5 heterocycles. The van der Waals surface area contributed by atoms with Crippen LogP contribution in [-0.2, 0) is 22.7 Å². The first-order chi connectivity index (χ1) is 21.7. The first-order valence-electron chi connectivity index (χ1n) is 16.0. The van der Waals surface area contributed by atoms with E-state index in [0.717, 1.165) is 16.7 Å². The van der Waals surface area contributed by atoms with E-state index in [1.165, 1.54) is 19.1 Å². The average Bonchev–Trinajstić information content (AvgIpc) is 3.76. The summed E-state index contributed by atoms with van der Waals surface area (Å²) in [5.74, 6) is -5.68. The number of aromatic nitrogens is 3. The molecule has 7 rings (SSSR count). The predicted molar refractivity (Wildman–Crippen MR) is 154 cm³/mol. The number of amides is 1. The fourth-order valence-corrected chi connectivity index (χ4v) is 6.14. The van der Waals surface area contributed by atoms with Gasteiger partial charge in [-0.3, -0.25) is 14.2 Å². The molecule has 1 amide bonds. The number of rotatable bonds is 1. The number of nitriles is 1. The number of carbonyl (C=O) groups excluding carboxylic acids is 1. The van der Waals surface area contributed by atoms with Gasteiger partial charge in [0.15, 0.2) is 0 Å². The highest BCUT2D eigenvalue weighted by Gasteiger charge is 2.48. The molecule has 3 aromatic rings. The van der Waals surface area contributed by atoms with Crippen molar-refractivity contribution in [1.82, 2.24) is 24.8 Å². The summed E-state index contributed by atoms with van der Waals surface area (Å²) in [7, 11) is 0. The summed E-state index contributed by atoms with van der Waals surface area (Å²) in [5.41, 5.74) is -2.93. The van der Waals surface area contributed by atoms with Crippen LogP contribution in [0.3, 0.4) is 0 Å². The van der Waals surface area contributed by atoms with Gasteiger partial charge in [-0.15, -0.1) is 0 Å². The van der Waals surface area contributed by atoms with E-state index < -0.39 is 65.6 Å². The Bertz CT molecular complexity index is 1800. The van der Waals surface area contributed by atoms with E-state index >= 15 is 13.2 Å². The van der Waals surface area contributed by atoms with Crippen molar-refractivity contribution in [3.8, 4) is 6.07 Å². The zero-order valence-corrected chi connectivity index (χ0v) is 23.7. The number of nitrogens with zero attached hydrogens (tertiary/aromatic N) is 5. The predicted octanol–water partition coefficient (Wildman–Crippen LogP) is 4.29. The number of nitrogens with one attached hydrogen (secondary N) is 2. The van der Waals surface area contributed by atoms with Gasteiger partial charge in [0.25, 0.3) is 11.5 Å². The van der Waals surface area contributed by atoms with Crippen LogP contribution in [0.2, 0.25) is 0 Å². The van der Waals surface area contributed by atoms with Gasteiger partial charge in [-0.1, -0.05) is 18.2 Å². The molecule has 3 aliphatic heterocycles. The van der Waals surface area contributed by atoms with Crippen LogP contribution >= 0.6 is 0 Å². The lowest BCUT2D eigenvalue weighted by molar-refractivity contribution is -0.121. The second-order valence-electron chi connectivity index (χ2n) is 11.9. The molecule has 0 spiro atoms. The number of aryl methyl sites for hydroxylation is 1. The maximum Gasteiger partial charge on any atom is 0.276 e. The Morgan fingerprint density at radius 1 is 1.16 bits per heavy atom. The third kappa shape index (κ3) is 5.46. The first-order valence-corrected chi connectivity index (χ1v) is 14.5. The van der Waals surface area contributed by atoms with Gasteiger partial charge in [0, 0.05) is 41.3 Å². The van der Waals surface area contributed by atoms with E-state index in [1.807, 2.05) is 4.90 Å². The molecule has 0 radical (unpaired) electrons. The third-order valence-corrected chi connectivity index (χ3v) is 8.65. The normalized spacial score (nSPS) is 26.3. The number of fused-ring (bicyclic) bond motifs is 8. The molecule has 8 bridgehead atoms. The first kappa shape index (κ1) is 25.5. The number of pyridine rings is 1. The minimum atomic E-state index is -3.54. The van der Waals surface area contributed by atoms with Crippen molar-refractivity contribution in [2.24, 2.45) is 5.92 Å². The molecule has 43 heavy (non-hydrogen) atoms. The Kier molecular flexibility index (Phi) is 6.49. The Morgan fingerprint density at radius 3 is 2.67 bits per heavy atom. The molecule has 9 nitrogen and oxygen atoms in total. The molecular formula is C31H34F3N7O2. The van der Waals surface area contributed by atoms with Crippen LogP contribution in [0.5, 0.6) is 0 Å². The molecule has 1 saturated carbocycles. The van der Waals surface area contributed by atoms with Crippen LogP contribution in [0, 0.1) is 30.0 Å². The number of alkyl halides is 2. The molecule has 12 heteroatoms. The summed E-state index contributed by atoms with van der Waals surface area (Å²) in [6.45, 7) is -0.0209. The molecule has 2 aromatic heterocycles. The summed E-state index contributed by atoms with van der Waals surface area (Å²) in [6, 6.07) is 5.12. The lowest BCUT2D eigenvalue weighted by Crippen LogP contribution is -2.48. The quantitative estimate of drug-likeness (QED) is 0.431. The molecule has 1 aromatic carbocycles. The average molecular weight is 597 g/mol. The fraction of sp³-hybridized carbons (Fsp3) is 0.516. The van der Waals surface area contributed by atoms with E-state index in [4.69, 9.17) is 4.11 Å². The molecule has 1 saturated heterocycles. The minimum absolute atomic E-state index is 0.0103. The van der Waals surface area contributed by atoms with Crippen LogP contribution in [0.15, 0.2) is 29.1 Å². The zero-order chi connectivity index (χ0) is 33.0. The van der Waals surface area contributed by atoms with E-state index in [1.54, 1.807) is 0 Å². The maximum atomic E-state index is 16.1. The summed E-state index contributed by atoms with van der Waals surface area (Å²) in [6.07, 6.45) is 1.57. The van der Waals surface area contributed by atoms with Crippen molar-refractivity contribution in [3.05, 3.63) is 63.0 Å². The molecule has 2 fully saturated rings. The monoisotopic (exact) mass is 596 g/mol. The van der Waals surface area contributed by atoms with Crippen LogP contribution in [0.25, 0.3) is 11.0 Å². The topological polar surface area (TPSA) is 116 Å². The van der Waals surface area contributed by atoms with Gasteiger partial charge in [-0.25, -0.2) is 23.1 Å². The van der Waals surface area contributed by atoms with Crippen molar-refractivity contribution in [2.75, 3.05) is 31.5 Å². The van der Waals surface area contributed by atoms with E-state index in [2.05, 4.69) is 26.7 Å². The van der Waals surface area contributed by atoms with Gasteiger partial charge >= 0.3 is 0 Å². The summed E-state index contributed by atoms with van der Waals surface area (Å²) in [5, 5.41) is 15.7. The lowest BCUT2D eigenvalue weighted by atomic mass is 9.88. The van der Waals surface area contributed by atoms with Gasteiger partial charge < -0.3 is 15.5 Å². The highest BCUT2D eigenvalue weighted by atomic mass is 19.3. The number of benzene rings is 1. The summed E-state index contributed by atoms with van der Waals surface area (Å²) >= 11 is 0. The number of halogens is 3. The van der Waals surface area contributed by atoms with Crippen LogP contribution < -0.4 is 16.2 Å². The van der Waals surface area contributed by atoms with Crippen LogP contribution in [-0.4, -0.2) is 51.5 Å². The number of hydrogen-bond acceptors (Lipinski definition) is 7. The second kappa shape index (κ2) is 10.9. The van der Waals surface area contributed by atoms with E-state index in [-0.39, 0.29) is 34.2 Å². The number of anilines is 1. The minimum Gasteiger partial charge on any atom is -0.363 e. The SMILES string of the molecule is [2H]C([2H])([2H])[C@H]1Nc2nc(C)nc3c2cc(C2(C#N)CC2)c(=O)n3CC(=O)NCCCCN2CC(C2)CC(F)(F)c2cccc1c2F.